The van der Waals surface area contributed by atoms with Gasteiger partial charge in [0.1, 0.15) is 5.69 Å². The lowest BCUT2D eigenvalue weighted by molar-refractivity contribution is -0.125. The predicted octanol–water partition coefficient (Wildman–Crippen LogP) is 3.48. The van der Waals surface area contributed by atoms with Gasteiger partial charge >= 0.3 is 5.97 Å². The Bertz CT molecular complexity index is 1030. The number of nitrogens with one attached hydrogen (secondary N) is 1. The van der Waals surface area contributed by atoms with Gasteiger partial charge in [-0.15, -0.1) is 0 Å². The number of amides is 1. The van der Waals surface area contributed by atoms with Crippen molar-refractivity contribution in [3.8, 4) is 0 Å². The summed E-state index contributed by atoms with van der Waals surface area (Å²) in [6.07, 6.45) is 2.18. The monoisotopic (exact) mass is 404 g/mol. The van der Waals surface area contributed by atoms with Crippen molar-refractivity contribution < 1.29 is 19.1 Å². The number of rotatable bonds is 8. The predicted molar refractivity (Wildman–Crippen MR) is 113 cm³/mol. The first kappa shape index (κ1) is 21.0. The van der Waals surface area contributed by atoms with Gasteiger partial charge in [0.05, 0.1) is 6.04 Å². The second-order valence-corrected chi connectivity index (χ2v) is 7.08. The molecule has 1 heterocycles. The van der Waals surface area contributed by atoms with Crippen LogP contribution in [0.3, 0.4) is 0 Å². The van der Waals surface area contributed by atoms with Gasteiger partial charge in [-0.05, 0) is 30.5 Å². The van der Waals surface area contributed by atoms with E-state index in [-0.39, 0.29) is 17.5 Å². The van der Waals surface area contributed by atoms with Crippen LogP contribution in [0.2, 0.25) is 0 Å². The number of Topliss-reactive ketones (excluding diaryl/α,β-unsaturated/α-hetero) is 1. The van der Waals surface area contributed by atoms with Crippen LogP contribution >= 0.6 is 0 Å². The molecule has 0 saturated carbocycles. The van der Waals surface area contributed by atoms with Gasteiger partial charge in [-0.3, -0.25) is 9.59 Å². The molecule has 1 amide bonds. The first-order valence-corrected chi connectivity index (χ1v) is 9.66. The van der Waals surface area contributed by atoms with Gasteiger partial charge in [0.15, 0.2) is 12.4 Å². The first-order chi connectivity index (χ1) is 14.4. The Morgan fingerprint density at radius 2 is 1.63 bits per heavy atom. The minimum atomic E-state index is -0.653. The average Bonchev–Trinajstić information content (AvgIpc) is 3.15. The molecule has 0 bridgehead atoms. The Morgan fingerprint density at radius 3 is 2.23 bits per heavy atom. The van der Waals surface area contributed by atoms with Crippen molar-refractivity contribution in [3.63, 3.8) is 0 Å². The minimum absolute atomic E-state index is 0.144. The van der Waals surface area contributed by atoms with Crippen LogP contribution in [0.5, 0.6) is 0 Å². The molecule has 6 heteroatoms. The molecule has 6 nitrogen and oxygen atoms in total. The van der Waals surface area contributed by atoms with E-state index in [1.807, 2.05) is 60.7 Å². The molecule has 154 valence electrons. The molecule has 1 aromatic heterocycles. The lowest BCUT2D eigenvalue weighted by Crippen LogP contribution is -2.33. The second-order valence-electron chi connectivity index (χ2n) is 7.08. The topological polar surface area (TPSA) is 77.4 Å². The number of aryl methyl sites for hydroxylation is 1. The van der Waals surface area contributed by atoms with Gasteiger partial charge in [-0.25, -0.2) is 4.79 Å². The summed E-state index contributed by atoms with van der Waals surface area (Å²) in [5.41, 5.74) is 2.69. The fourth-order valence-electron chi connectivity index (χ4n) is 3.19. The number of nitrogens with zero attached hydrogens (tertiary/aromatic N) is 1. The maximum Gasteiger partial charge on any atom is 0.355 e. The normalized spacial score (nSPS) is 11.5. The highest BCUT2D eigenvalue weighted by Crippen LogP contribution is 2.18. The Balaban J connectivity index is 1.64. The van der Waals surface area contributed by atoms with E-state index in [0.29, 0.717) is 12.0 Å². The van der Waals surface area contributed by atoms with E-state index in [4.69, 9.17) is 4.74 Å². The Morgan fingerprint density at radius 1 is 1.00 bits per heavy atom. The van der Waals surface area contributed by atoms with Crippen molar-refractivity contribution in [1.29, 1.82) is 0 Å². The summed E-state index contributed by atoms with van der Waals surface area (Å²) >= 11 is 0. The van der Waals surface area contributed by atoms with E-state index >= 15 is 0 Å². The molecule has 0 radical (unpaired) electrons. The molecule has 0 fully saturated rings. The number of esters is 1. The Kier molecular flexibility index (Phi) is 6.80. The van der Waals surface area contributed by atoms with Crippen molar-refractivity contribution in [2.45, 2.75) is 19.4 Å². The smallest absolute Gasteiger partial charge is 0.355 e. The fourth-order valence-corrected chi connectivity index (χ4v) is 3.19. The van der Waals surface area contributed by atoms with Gasteiger partial charge in [0, 0.05) is 18.8 Å². The van der Waals surface area contributed by atoms with Gasteiger partial charge in [0.2, 0.25) is 0 Å². The van der Waals surface area contributed by atoms with Crippen LogP contribution in [0, 0.1) is 0 Å². The molecule has 3 rings (SSSR count). The van der Waals surface area contributed by atoms with E-state index in [0.717, 1.165) is 11.1 Å². The van der Waals surface area contributed by atoms with Crippen LogP contribution in [0.25, 0.3) is 0 Å². The number of ether oxygens (including phenoxy) is 1. The molecule has 0 aliphatic rings. The van der Waals surface area contributed by atoms with Crippen LogP contribution in [-0.4, -0.2) is 28.8 Å². The summed E-state index contributed by atoms with van der Waals surface area (Å²) in [5, 5.41) is 2.95. The van der Waals surface area contributed by atoms with E-state index in [9.17, 15) is 14.4 Å². The molecule has 30 heavy (non-hydrogen) atoms. The van der Waals surface area contributed by atoms with E-state index < -0.39 is 18.5 Å². The van der Waals surface area contributed by atoms with Crippen molar-refractivity contribution in [1.82, 2.24) is 9.88 Å². The summed E-state index contributed by atoms with van der Waals surface area (Å²) in [6.45, 7) is 1.02. The van der Waals surface area contributed by atoms with Gasteiger partial charge in [-0.1, -0.05) is 60.7 Å². The molecular formula is C24H24N2O4. The van der Waals surface area contributed by atoms with E-state index in [1.54, 1.807) is 13.2 Å². The van der Waals surface area contributed by atoms with Crippen molar-refractivity contribution in [2.75, 3.05) is 6.61 Å². The number of ketones is 1. The van der Waals surface area contributed by atoms with Gasteiger partial charge in [0.25, 0.3) is 5.91 Å². The zero-order valence-electron chi connectivity index (χ0n) is 17.0. The van der Waals surface area contributed by atoms with Crippen molar-refractivity contribution in [2.24, 2.45) is 7.05 Å². The molecule has 1 atom stereocenters. The summed E-state index contributed by atoms with van der Waals surface area (Å²) in [4.78, 5) is 36.3. The fraction of sp³-hybridized carbons (Fsp3) is 0.208. The maximum absolute atomic E-state index is 12.5. The molecule has 3 aromatic rings. The molecule has 0 unspecified atom stereocenters. The highest BCUT2D eigenvalue weighted by atomic mass is 16.5. The Labute approximate surface area is 175 Å². The second kappa shape index (κ2) is 9.69. The van der Waals surface area contributed by atoms with Crippen LogP contribution in [-0.2, 0) is 23.0 Å². The summed E-state index contributed by atoms with van der Waals surface area (Å²) in [5.74, 6) is -1.19. The number of hydrogen-bond acceptors (Lipinski definition) is 4. The van der Waals surface area contributed by atoms with Crippen molar-refractivity contribution in [3.05, 3.63) is 95.3 Å². The van der Waals surface area contributed by atoms with Gasteiger partial charge in [-0.2, -0.15) is 0 Å². The van der Waals surface area contributed by atoms with E-state index in [1.165, 1.54) is 17.6 Å². The van der Waals surface area contributed by atoms with Crippen LogP contribution in [0.4, 0.5) is 0 Å². The third-order valence-electron chi connectivity index (χ3n) is 4.77. The largest absolute Gasteiger partial charge is 0.451 e. The lowest BCUT2D eigenvalue weighted by atomic mass is 9.99. The molecule has 0 spiro atoms. The SMILES string of the molecule is CC(=O)c1cc(C(=O)OCC(=O)N[C@H](Cc2ccccc2)c2ccccc2)n(C)c1. The standard InChI is InChI=1S/C24H24N2O4/c1-17(27)20-14-22(26(2)15-20)24(29)30-16-23(28)25-21(19-11-7-4-8-12-19)13-18-9-5-3-6-10-18/h3-12,14-15,21H,13,16H2,1-2H3,(H,25,28)/t21-/m1/s1. The molecule has 0 saturated heterocycles. The lowest BCUT2D eigenvalue weighted by Gasteiger charge is -2.19. The summed E-state index contributed by atoms with van der Waals surface area (Å²) in [6, 6.07) is 20.7. The zero-order valence-corrected chi connectivity index (χ0v) is 17.0. The zero-order chi connectivity index (χ0) is 21.5. The van der Waals surface area contributed by atoms with E-state index in [2.05, 4.69) is 5.32 Å². The number of hydrogen-bond donors (Lipinski definition) is 1. The number of benzene rings is 2. The third-order valence-corrected chi connectivity index (χ3v) is 4.77. The molecular weight excluding hydrogens is 380 g/mol. The number of aromatic nitrogens is 1. The maximum atomic E-state index is 12.5. The highest BCUT2D eigenvalue weighted by Gasteiger charge is 2.19. The minimum Gasteiger partial charge on any atom is -0.451 e. The molecule has 2 aromatic carbocycles. The van der Waals surface area contributed by atoms with Crippen molar-refractivity contribution >= 4 is 17.7 Å². The van der Waals surface area contributed by atoms with Crippen LogP contribution < -0.4 is 5.32 Å². The van der Waals surface area contributed by atoms with Crippen LogP contribution in [0.1, 0.15) is 44.9 Å². The average molecular weight is 404 g/mol. The molecule has 1 N–H and O–H groups in total. The Hall–Kier alpha value is -3.67. The number of carbonyl (C=O) groups excluding carboxylic acids is 3. The third kappa shape index (κ3) is 5.44. The highest BCUT2D eigenvalue weighted by molar-refractivity contribution is 5.98. The first-order valence-electron chi connectivity index (χ1n) is 9.66. The summed E-state index contributed by atoms with van der Waals surface area (Å²) in [7, 11) is 1.65. The molecule has 0 aliphatic carbocycles. The van der Waals surface area contributed by atoms with Gasteiger partial charge < -0.3 is 14.6 Å². The molecule has 0 aliphatic heterocycles. The quantitative estimate of drug-likeness (QED) is 0.461. The number of carbonyl (C=O) groups is 3. The van der Waals surface area contributed by atoms with Crippen LogP contribution in [0.15, 0.2) is 72.9 Å². The summed E-state index contributed by atoms with van der Waals surface area (Å²) < 4.78 is 6.68.